The van der Waals surface area contributed by atoms with Gasteiger partial charge >= 0.3 is 332 Å². The van der Waals surface area contributed by atoms with E-state index in [0.717, 1.165) is 111 Å². The van der Waals surface area contributed by atoms with Gasteiger partial charge < -0.3 is 4.90 Å². The number of fused-ring (bicyclic) bond motifs is 7. The first-order chi connectivity index (χ1) is 42.6. The summed E-state index contributed by atoms with van der Waals surface area (Å²) in [6, 6.07) is 91.6. The molecule has 0 fully saturated rings. The molecule has 12 aromatic rings. The van der Waals surface area contributed by atoms with Crippen molar-refractivity contribution in [2.45, 2.75) is 105 Å². The van der Waals surface area contributed by atoms with Crippen LogP contribution >= 0.6 is 0 Å². The van der Waals surface area contributed by atoms with Crippen LogP contribution in [-0.4, -0.2) is 14.1 Å². The van der Waals surface area contributed by atoms with Crippen molar-refractivity contribution in [2.24, 2.45) is 0 Å². The van der Waals surface area contributed by atoms with Gasteiger partial charge in [0.1, 0.15) is 0 Å². The Balaban J connectivity index is 1.07. The Morgan fingerprint density at radius 1 is 0.371 bits per heavy atom. The summed E-state index contributed by atoms with van der Waals surface area (Å²) >= 11 is 2.53. The van der Waals surface area contributed by atoms with Crippen molar-refractivity contribution in [3.05, 3.63) is 275 Å². The number of ether oxygens (including phenoxy) is 1. The number of hydrogen-bond acceptors (Lipinski definition) is 4. The first-order valence-electron chi connectivity index (χ1n) is 30.9. The van der Waals surface area contributed by atoms with Crippen molar-refractivity contribution in [3.63, 3.8) is 0 Å². The number of hydrogen-bond donors (Lipinski definition) is 0. The zero-order valence-corrected chi connectivity index (χ0v) is 55.2. The van der Waals surface area contributed by atoms with E-state index in [1.165, 1.54) is 16.7 Å². The zero-order chi connectivity index (χ0) is 62.1. The summed E-state index contributed by atoms with van der Waals surface area (Å²) in [6.07, 6.45) is 1.96. The topological polar surface area (TPSA) is 38.5 Å². The van der Waals surface area contributed by atoms with Crippen LogP contribution in [0.4, 0.5) is 34.3 Å². The van der Waals surface area contributed by atoms with Gasteiger partial charge in [0.15, 0.2) is 0 Å². The average molecular weight is 1340 g/mol. The first kappa shape index (κ1) is 58.9. The number of nitrogens with zero attached hydrogens (tertiary/aromatic N) is 5. The van der Waals surface area contributed by atoms with Gasteiger partial charge in [-0.1, -0.05) is 111 Å². The normalized spacial score (nSPS) is 12.7. The Morgan fingerprint density at radius 3 is 1.45 bits per heavy atom. The molecule has 0 radical (unpaired) electrons. The monoisotopic (exact) mass is 1340 g/mol. The van der Waals surface area contributed by atoms with Gasteiger partial charge in [-0.05, 0) is 69.3 Å². The van der Waals surface area contributed by atoms with E-state index < -0.39 is 0 Å². The molecule has 0 atom stereocenters. The van der Waals surface area contributed by atoms with Crippen molar-refractivity contribution in [3.8, 4) is 67.4 Å². The number of rotatable bonds is 8. The molecule has 0 N–H and O–H groups in total. The summed E-state index contributed by atoms with van der Waals surface area (Å²) in [5.74, 6) is 1.89. The molecule has 7 heteroatoms. The van der Waals surface area contributed by atoms with Crippen LogP contribution in [0.5, 0.6) is 11.5 Å². The number of imidazole rings is 1. The predicted molar refractivity (Wildman–Crippen MR) is 367 cm³/mol. The summed E-state index contributed by atoms with van der Waals surface area (Å²) in [5, 5.41) is 0. The Kier molecular flexibility index (Phi) is 15.1. The van der Waals surface area contributed by atoms with Crippen LogP contribution < -0.4 is 14.5 Å². The maximum absolute atomic E-state index is 7.39. The zero-order valence-electron chi connectivity index (χ0n) is 53.0. The number of aromatic nitrogens is 3. The maximum atomic E-state index is 7.39. The van der Waals surface area contributed by atoms with E-state index in [-0.39, 0.29) is 21.7 Å². The van der Waals surface area contributed by atoms with Crippen molar-refractivity contribution in [1.29, 1.82) is 0 Å². The summed E-state index contributed by atoms with van der Waals surface area (Å²) in [5.41, 5.74) is 21.7. The van der Waals surface area contributed by atoms with E-state index in [4.69, 9.17) is 9.72 Å². The second-order valence-electron chi connectivity index (χ2n) is 27.5. The second-order valence-corrected chi connectivity index (χ2v) is 28.5. The molecule has 0 aliphatic carbocycles. The summed E-state index contributed by atoms with van der Waals surface area (Å²) < 4.78 is 13.1. The molecule has 89 heavy (non-hydrogen) atoms. The van der Waals surface area contributed by atoms with Crippen LogP contribution in [-0.2, 0) is 41.0 Å². The fourth-order valence-electron chi connectivity index (χ4n) is 12.3. The van der Waals surface area contributed by atoms with Gasteiger partial charge in [0.25, 0.3) is 0 Å². The van der Waals surface area contributed by atoms with Crippen LogP contribution in [0, 0.1) is 15.9 Å². The van der Waals surface area contributed by atoms with Gasteiger partial charge in [0.05, 0.1) is 5.69 Å². The average Bonchev–Trinajstić information content (AvgIpc) is 1.82. The van der Waals surface area contributed by atoms with Crippen molar-refractivity contribution in [1.82, 2.24) is 14.1 Å². The van der Waals surface area contributed by atoms with Crippen LogP contribution in [0.1, 0.15) is 105 Å². The fraction of sp³-hybridized carbons (Fsp3) is 0.195. The Bertz CT molecular complexity index is 4650. The standard InChI is InChI=1S/C82H75N5O.Pt/c1-79(2,3)57-39-43-72-69(49-57)67-33-22-23-36-71(67)87(77-51-59(45-46-83-77)81(7,8)9)76-53-63(41-42-68(76)70-50-58(80(4,5)6)40-44-73(70)86(72)61-31-20-15-21-32-61)88-64-48-60(82(10,11)12)47-62(52-64)84-54-85(75-38-25-24-37-74(75)84)78-65(55-27-16-13-17-28-55)34-26-35-66(78)56-29-18-14-19-30-56;/h13-51H,1-12H3;/q-2;. The van der Waals surface area contributed by atoms with Crippen molar-refractivity contribution in [2.75, 3.05) is 9.80 Å². The van der Waals surface area contributed by atoms with Gasteiger partial charge in [0, 0.05) is 17.4 Å². The molecule has 1 aliphatic rings. The minimum atomic E-state index is -0.272. The first-order valence-corrected chi connectivity index (χ1v) is 32.0. The van der Waals surface area contributed by atoms with Gasteiger partial charge in [-0.3, -0.25) is 0 Å². The van der Waals surface area contributed by atoms with E-state index in [1.807, 2.05) is 6.20 Å². The SMILES string of the molecule is CC(C)(C)c1cc(Oc2[c-]c3c(cc2)-c2cc(C(C)(C)C)ccc2N(c2ccccc2)c2ccc(C(C)(C)C)cc2-c2ccccc2N3c2cc(C(C)(C)C)ccn2)[c-]c(-n2[c](=[Pt])n(-c3c(-c4ccccc4)cccc3-c3ccccc3)c3ccccc32)c1. The number of para-hydroxylation sites is 5. The van der Waals surface area contributed by atoms with E-state index in [0.29, 0.717) is 11.5 Å². The van der Waals surface area contributed by atoms with E-state index in [1.54, 1.807) is 0 Å². The molecular formula is C82H75N5OPt-2. The molecule has 6 nitrogen and oxygen atoms in total. The number of pyridine rings is 1. The van der Waals surface area contributed by atoms with Gasteiger partial charge in [-0.15, -0.1) is 0 Å². The third-order valence-corrected chi connectivity index (χ3v) is 18.2. The summed E-state index contributed by atoms with van der Waals surface area (Å²) in [7, 11) is 0. The van der Waals surface area contributed by atoms with Crippen LogP contribution in [0.3, 0.4) is 0 Å². The molecule has 10 aromatic carbocycles. The van der Waals surface area contributed by atoms with Crippen LogP contribution in [0.25, 0.3) is 66.9 Å². The van der Waals surface area contributed by atoms with Gasteiger partial charge in [0.2, 0.25) is 0 Å². The Labute approximate surface area is 536 Å². The molecule has 0 amide bonds. The van der Waals surface area contributed by atoms with Crippen LogP contribution in [0.15, 0.2) is 237 Å². The molecule has 0 saturated carbocycles. The van der Waals surface area contributed by atoms with Gasteiger partial charge in [-0.2, -0.15) is 0 Å². The summed E-state index contributed by atoms with van der Waals surface area (Å²) in [4.78, 5) is 10.1. The van der Waals surface area contributed by atoms with E-state index in [9.17, 15) is 0 Å². The molecule has 13 rings (SSSR count). The Morgan fingerprint density at radius 2 is 0.865 bits per heavy atom. The Hall–Kier alpha value is -9.09. The third kappa shape index (κ3) is 11.2. The molecular weight excluding hydrogens is 1270 g/mol. The number of anilines is 6. The van der Waals surface area contributed by atoms with Gasteiger partial charge in [-0.25, -0.2) is 0 Å². The fourth-order valence-corrected chi connectivity index (χ4v) is 13.4. The number of benzene rings is 10. The van der Waals surface area contributed by atoms with E-state index in [2.05, 4.69) is 364 Å². The minimum absolute atomic E-state index is 0.139. The molecule has 0 unspecified atom stereocenters. The molecule has 0 spiro atoms. The van der Waals surface area contributed by atoms with Crippen molar-refractivity contribution >= 4 is 45.3 Å². The molecule has 0 bridgehead atoms. The molecule has 446 valence electrons. The van der Waals surface area contributed by atoms with E-state index >= 15 is 0 Å². The van der Waals surface area contributed by atoms with Crippen LogP contribution in [0.2, 0.25) is 0 Å². The molecule has 1 aliphatic heterocycles. The second kappa shape index (κ2) is 22.8. The quantitative estimate of drug-likeness (QED) is 0.142. The third-order valence-electron chi connectivity index (χ3n) is 17.2. The molecule has 2 aromatic heterocycles. The molecule has 0 saturated heterocycles. The molecule has 3 heterocycles. The van der Waals surface area contributed by atoms with Crippen molar-refractivity contribution < 1.29 is 24.1 Å². The predicted octanol–water partition coefficient (Wildman–Crippen LogP) is 22.4. The summed E-state index contributed by atoms with van der Waals surface area (Å²) in [6.45, 7) is 27.3.